The van der Waals surface area contributed by atoms with Crippen LogP contribution in [0.15, 0.2) is 24.3 Å². The van der Waals surface area contributed by atoms with Crippen molar-refractivity contribution in [3.8, 4) is 0 Å². The fourth-order valence-electron chi connectivity index (χ4n) is 3.57. The van der Waals surface area contributed by atoms with Gasteiger partial charge in [0.25, 0.3) is 0 Å². The Morgan fingerprint density at radius 2 is 1.88 bits per heavy atom. The van der Waals surface area contributed by atoms with E-state index in [0.29, 0.717) is 5.88 Å². The quantitative estimate of drug-likeness (QED) is 0.679. The van der Waals surface area contributed by atoms with Crippen LogP contribution in [0.5, 0.6) is 0 Å². The van der Waals surface area contributed by atoms with Crippen LogP contribution in [0.3, 0.4) is 0 Å². The van der Waals surface area contributed by atoms with Gasteiger partial charge in [-0.3, -0.25) is 4.98 Å². The molecule has 0 saturated heterocycles. The van der Waals surface area contributed by atoms with Gasteiger partial charge in [-0.2, -0.15) is 0 Å². The van der Waals surface area contributed by atoms with Crippen LogP contribution >= 0.6 is 11.6 Å². The molecule has 1 heterocycles. The van der Waals surface area contributed by atoms with Crippen molar-refractivity contribution in [3.63, 3.8) is 0 Å². The molecule has 1 fully saturated rings. The highest BCUT2D eigenvalue weighted by atomic mass is 35.5. The molecule has 1 aromatic heterocycles. The summed E-state index contributed by atoms with van der Waals surface area (Å²) in [5.41, 5.74) is 5.23. The number of hydrogen-bond acceptors (Lipinski definition) is 1. The van der Waals surface area contributed by atoms with Gasteiger partial charge in [0.05, 0.1) is 17.1 Å². The summed E-state index contributed by atoms with van der Waals surface area (Å²) in [4.78, 5) is 4.61. The molecule has 4 rings (SSSR count). The van der Waals surface area contributed by atoms with Crippen LogP contribution < -0.4 is 0 Å². The molecule has 0 N–H and O–H groups in total. The lowest BCUT2D eigenvalue weighted by molar-refractivity contribution is 0.544. The van der Waals surface area contributed by atoms with Crippen molar-refractivity contribution in [2.75, 3.05) is 0 Å². The highest BCUT2D eigenvalue weighted by Gasteiger charge is 2.40. The van der Waals surface area contributed by atoms with Crippen LogP contribution in [-0.2, 0) is 5.88 Å². The number of alkyl halides is 1. The second-order valence-electron chi connectivity index (χ2n) is 5.25. The van der Waals surface area contributed by atoms with Crippen LogP contribution in [0.25, 0.3) is 10.9 Å². The van der Waals surface area contributed by atoms with E-state index in [-0.39, 0.29) is 0 Å². The van der Waals surface area contributed by atoms with Gasteiger partial charge in [0, 0.05) is 5.39 Å². The number of fused-ring (bicyclic) bond motifs is 5. The lowest BCUT2D eigenvalue weighted by Gasteiger charge is -2.35. The van der Waals surface area contributed by atoms with Gasteiger partial charge in [-0.15, -0.1) is 11.6 Å². The second kappa shape index (κ2) is 3.46. The lowest BCUT2D eigenvalue weighted by Crippen LogP contribution is -2.19. The minimum absolute atomic E-state index is 0.499. The van der Waals surface area contributed by atoms with Crippen molar-refractivity contribution < 1.29 is 0 Å². The Kier molecular flexibility index (Phi) is 2.01. The van der Waals surface area contributed by atoms with Crippen LogP contribution in [-0.4, -0.2) is 4.98 Å². The molecule has 0 radical (unpaired) electrons. The predicted octanol–water partition coefficient (Wildman–Crippen LogP) is 4.34. The molecule has 86 valence electrons. The van der Waals surface area contributed by atoms with Crippen LogP contribution in [0.1, 0.15) is 47.9 Å². The van der Waals surface area contributed by atoms with Crippen molar-refractivity contribution in [2.45, 2.75) is 37.0 Å². The van der Waals surface area contributed by atoms with Crippen molar-refractivity contribution in [1.29, 1.82) is 0 Å². The van der Waals surface area contributed by atoms with Gasteiger partial charge in [0.2, 0.25) is 0 Å². The van der Waals surface area contributed by atoms with Crippen LogP contribution in [0, 0.1) is 0 Å². The number of benzene rings is 1. The average molecular weight is 244 g/mol. The van der Waals surface area contributed by atoms with Gasteiger partial charge in [0.15, 0.2) is 0 Å². The summed E-state index contributed by atoms with van der Waals surface area (Å²) in [6, 6.07) is 8.84. The third kappa shape index (κ3) is 1.29. The molecule has 0 aliphatic heterocycles. The zero-order chi connectivity index (χ0) is 11.4. The Hall–Kier alpha value is -1.08. The maximum atomic E-state index is 5.84. The summed E-state index contributed by atoms with van der Waals surface area (Å²) in [6.45, 7) is 0. The second-order valence-corrected chi connectivity index (χ2v) is 5.52. The first kappa shape index (κ1) is 9.90. The Bertz CT molecular complexity index is 605. The Morgan fingerprint density at radius 1 is 1.12 bits per heavy atom. The van der Waals surface area contributed by atoms with E-state index in [1.165, 1.54) is 24.6 Å². The summed E-state index contributed by atoms with van der Waals surface area (Å²) in [5, 5.41) is 1.27. The molecule has 2 unspecified atom stereocenters. The molecule has 0 spiro atoms. The maximum Gasteiger partial charge on any atom is 0.0708 e. The van der Waals surface area contributed by atoms with E-state index in [9.17, 15) is 0 Å². The van der Waals surface area contributed by atoms with Crippen molar-refractivity contribution >= 4 is 22.5 Å². The Balaban J connectivity index is 1.91. The summed E-state index contributed by atoms with van der Waals surface area (Å²) < 4.78 is 0. The van der Waals surface area contributed by atoms with Crippen molar-refractivity contribution in [1.82, 2.24) is 4.98 Å². The maximum absolute atomic E-state index is 5.84. The first-order valence-corrected chi connectivity index (χ1v) is 6.90. The Morgan fingerprint density at radius 3 is 2.65 bits per heavy atom. The standard InChI is InChI=1S/C15H14ClN/c16-8-10-5-4-9-6-13-11-2-1-3-12(11)14(13)7-15(9)17-10/h4-7,11-12H,1-3,8H2. The number of hydrogen-bond donors (Lipinski definition) is 0. The fourth-order valence-corrected chi connectivity index (χ4v) is 3.72. The van der Waals surface area contributed by atoms with Gasteiger partial charge in [-0.05, 0) is 54.0 Å². The molecule has 1 aromatic carbocycles. The zero-order valence-electron chi connectivity index (χ0n) is 9.62. The zero-order valence-corrected chi connectivity index (χ0v) is 10.4. The molecule has 2 aromatic rings. The topological polar surface area (TPSA) is 12.9 Å². The summed E-state index contributed by atoms with van der Waals surface area (Å²) in [5.74, 6) is 2.18. The highest BCUT2D eigenvalue weighted by Crippen LogP contribution is 2.56. The third-order valence-electron chi connectivity index (χ3n) is 4.40. The lowest BCUT2D eigenvalue weighted by atomic mass is 9.69. The molecule has 2 aliphatic carbocycles. The minimum Gasteiger partial charge on any atom is -0.252 e. The van der Waals surface area contributed by atoms with Gasteiger partial charge in [0.1, 0.15) is 0 Å². The van der Waals surface area contributed by atoms with E-state index in [1.54, 1.807) is 11.1 Å². The smallest absolute Gasteiger partial charge is 0.0708 e. The number of pyridine rings is 1. The molecule has 0 bridgehead atoms. The number of nitrogens with zero attached hydrogens (tertiary/aromatic N) is 1. The molecular weight excluding hydrogens is 230 g/mol. The van der Waals surface area contributed by atoms with Gasteiger partial charge in [-0.25, -0.2) is 0 Å². The van der Waals surface area contributed by atoms with Crippen molar-refractivity contribution in [3.05, 3.63) is 41.1 Å². The first-order valence-electron chi connectivity index (χ1n) is 6.36. The van der Waals surface area contributed by atoms with E-state index >= 15 is 0 Å². The molecular formula is C15H14ClN. The summed E-state index contributed by atoms with van der Waals surface area (Å²) in [7, 11) is 0. The SMILES string of the molecule is ClCc1ccc2cc3c(cc2n1)C1CCCC31. The highest BCUT2D eigenvalue weighted by molar-refractivity contribution is 6.16. The number of rotatable bonds is 1. The van der Waals surface area contributed by atoms with Gasteiger partial charge < -0.3 is 0 Å². The normalized spacial score (nSPS) is 25.5. The Labute approximate surface area is 106 Å². The summed E-state index contributed by atoms with van der Waals surface area (Å²) >= 11 is 5.84. The molecule has 2 aliphatic rings. The van der Waals surface area contributed by atoms with Gasteiger partial charge >= 0.3 is 0 Å². The molecule has 0 amide bonds. The fraction of sp³-hybridized carbons (Fsp3) is 0.400. The number of halogens is 1. The molecule has 2 heteroatoms. The van der Waals surface area contributed by atoms with E-state index in [2.05, 4.69) is 23.2 Å². The third-order valence-corrected chi connectivity index (χ3v) is 4.68. The molecule has 1 saturated carbocycles. The molecule has 17 heavy (non-hydrogen) atoms. The summed E-state index contributed by atoms with van der Waals surface area (Å²) in [6.07, 6.45) is 4.15. The average Bonchev–Trinajstić information content (AvgIpc) is 2.79. The van der Waals surface area contributed by atoms with E-state index < -0.39 is 0 Å². The van der Waals surface area contributed by atoms with Crippen LogP contribution in [0.4, 0.5) is 0 Å². The largest absolute Gasteiger partial charge is 0.252 e. The first-order chi connectivity index (χ1) is 8.36. The van der Waals surface area contributed by atoms with E-state index in [1.807, 2.05) is 6.07 Å². The van der Waals surface area contributed by atoms with E-state index in [4.69, 9.17) is 11.6 Å². The molecule has 1 nitrogen and oxygen atoms in total. The minimum atomic E-state index is 0.499. The van der Waals surface area contributed by atoms with Gasteiger partial charge in [-0.1, -0.05) is 12.5 Å². The van der Waals surface area contributed by atoms with E-state index in [0.717, 1.165) is 23.0 Å². The monoisotopic (exact) mass is 243 g/mol. The number of aromatic nitrogens is 1. The van der Waals surface area contributed by atoms with Crippen LogP contribution in [0.2, 0.25) is 0 Å². The van der Waals surface area contributed by atoms with Crippen molar-refractivity contribution in [2.24, 2.45) is 0 Å². The predicted molar refractivity (Wildman–Crippen MR) is 70.6 cm³/mol. The molecule has 2 atom stereocenters.